The number of alkyl halides is 1. The van der Waals surface area contributed by atoms with Crippen molar-refractivity contribution in [2.75, 3.05) is 10.2 Å². The standard InChI is InChI=1S/C16H26INO2SSi/c1-22(2,3)14-13-21(19,20)18-16-11-7-8-12-17(16)15-9-5-4-6-10-15/h4-6,9-10H,7-8,11-14H2,1-3H3. The topological polar surface area (TPSA) is 46.5 Å². The molecule has 0 N–H and O–H groups in total. The molecule has 1 aliphatic heterocycles. The third kappa shape index (κ3) is 5.77. The second-order valence-electron chi connectivity index (χ2n) is 6.87. The number of sulfonamides is 1. The molecule has 1 aliphatic rings. The number of nitrogens with zero attached hydrogens (tertiary/aromatic N) is 1. The zero-order valence-corrected chi connectivity index (χ0v) is 17.7. The Balaban J connectivity index is 2.20. The molecule has 6 heteroatoms. The van der Waals surface area contributed by atoms with Crippen molar-refractivity contribution in [3.05, 3.63) is 33.9 Å². The van der Waals surface area contributed by atoms with Crippen LogP contribution in [0.3, 0.4) is 0 Å². The van der Waals surface area contributed by atoms with Gasteiger partial charge in [-0.25, -0.2) is 0 Å². The minimum absolute atomic E-state index is 0.227. The second kappa shape index (κ2) is 7.57. The van der Waals surface area contributed by atoms with Crippen molar-refractivity contribution in [3.8, 4) is 0 Å². The van der Waals surface area contributed by atoms with Crippen LogP contribution >= 0.6 is 19.8 Å². The summed E-state index contributed by atoms with van der Waals surface area (Å²) >= 11 is -1.58. The van der Waals surface area contributed by atoms with Gasteiger partial charge in [0, 0.05) is 0 Å². The Labute approximate surface area is 143 Å². The first-order chi connectivity index (χ1) is 10.3. The molecule has 1 heterocycles. The van der Waals surface area contributed by atoms with Crippen LogP contribution < -0.4 is 0 Å². The summed E-state index contributed by atoms with van der Waals surface area (Å²) in [5.41, 5.74) is 0. The fraction of sp³-hybridized carbons (Fsp3) is 0.562. The molecule has 22 heavy (non-hydrogen) atoms. The van der Waals surface area contributed by atoms with Gasteiger partial charge in [0.25, 0.3) is 0 Å². The number of benzene rings is 1. The van der Waals surface area contributed by atoms with E-state index in [-0.39, 0.29) is 5.75 Å². The number of halogens is 1. The summed E-state index contributed by atoms with van der Waals surface area (Å²) in [5.74, 6) is 0.227. The Morgan fingerprint density at radius 2 is 1.82 bits per heavy atom. The number of hydrogen-bond donors (Lipinski definition) is 0. The Hall–Kier alpha value is -0.213. The van der Waals surface area contributed by atoms with Gasteiger partial charge in [0.15, 0.2) is 0 Å². The van der Waals surface area contributed by atoms with Crippen molar-refractivity contribution in [3.63, 3.8) is 0 Å². The molecule has 0 bridgehead atoms. The molecule has 0 saturated carbocycles. The average molecular weight is 451 g/mol. The summed E-state index contributed by atoms with van der Waals surface area (Å²) < 4.78 is 32.6. The summed E-state index contributed by atoms with van der Waals surface area (Å²) in [5, 5.41) is 0. The first-order valence-electron chi connectivity index (χ1n) is 7.79. The van der Waals surface area contributed by atoms with Crippen molar-refractivity contribution in [1.29, 1.82) is 0 Å². The van der Waals surface area contributed by atoms with E-state index in [2.05, 4.69) is 48.3 Å². The van der Waals surface area contributed by atoms with E-state index in [1.807, 2.05) is 6.07 Å². The molecule has 0 radical (unpaired) electrons. The predicted octanol–water partition coefficient (Wildman–Crippen LogP) is 4.61. The molecule has 0 aliphatic carbocycles. The van der Waals surface area contributed by atoms with Crippen LogP contribution in [0.2, 0.25) is 25.7 Å². The Bertz CT molecular complexity index is 623. The summed E-state index contributed by atoms with van der Waals surface area (Å²) in [6.45, 7) is 6.62. The molecule has 0 aromatic heterocycles. The van der Waals surface area contributed by atoms with Crippen LogP contribution in [0.5, 0.6) is 0 Å². The number of hydrogen-bond acceptors (Lipinski definition) is 2. The first-order valence-corrected chi connectivity index (χ1v) is 16.8. The van der Waals surface area contributed by atoms with Crippen LogP contribution in [-0.2, 0) is 10.0 Å². The van der Waals surface area contributed by atoms with Crippen molar-refractivity contribution < 1.29 is 8.42 Å². The van der Waals surface area contributed by atoms with E-state index in [0.29, 0.717) is 0 Å². The van der Waals surface area contributed by atoms with Gasteiger partial charge in [-0.2, -0.15) is 0 Å². The third-order valence-electron chi connectivity index (χ3n) is 3.56. The molecule has 2 rings (SSSR count). The van der Waals surface area contributed by atoms with Gasteiger partial charge in [-0.15, -0.1) is 0 Å². The SMILES string of the molecule is C[Si](C)(C)CCS(=O)(=O)N=C1CCCCI1c1ccccc1. The van der Waals surface area contributed by atoms with Gasteiger partial charge in [0.1, 0.15) is 0 Å². The van der Waals surface area contributed by atoms with Gasteiger partial charge in [-0.05, 0) is 0 Å². The Kier molecular flexibility index (Phi) is 6.24. The monoisotopic (exact) mass is 451 g/mol. The average Bonchev–Trinajstić information content (AvgIpc) is 2.46. The van der Waals surface area contributed by atoms with E-state index < -0.39 is 37.9 Å². The van der Waals surface area contributed by atoms with E-state index in [0.717, 1.165) is 27.0 Å². The molecule has 124 valence electrons. The fourth-order valence-corrected chi connectivity index (χ4v) is 13.5. The van der Waals surface area contributed by atoms with Crippen LogP contribution in [0.15, 0.2) is 34.7 Å². The van der Waals surface area contributed by atoms with Gasteiger partial charge >= 0.3 is 143 Å². The molecular formula is C16H26INO2SSi. The molecule has 0 amide bonds. The molecule has 3 nitrogen and oxygen atoms in total. The van der Waals surface area contributed by atoms with E-state index in [9.17, 15) is 8.42 Å². The molecule has 0 unspecified atom stereocenters. The molecule has 1 saturated heterocycles. The summed E-state index contributed by atoms with van der Waals surface area (Å²) in [7, 11) is -4.64. The van der Waals surface area contributed by atoms with E-state index in [1.54, 1.807) is 0 Å². The quantitative estimate of drug-likeness (QED) is 0.373. The van der Waals surface area contributed by atoms with Gasteiger partial charge in [-0.1, -0.05) is 0 Å². The van der Waals surface area contributed by atoms with Gasteiger partial charge in [0.2, 0.25) is 0 Å². The van der Waals surface area contributed by atoms with Gasteiger partial charge < -0.3 is 0 Å². The normalized spacial score (nSPS) is 20.3. The van der Waals surface area contributed by atoms with Crippen LogP contribution in [-0.4, -0.2) is 30.4 Å². The fourth-order valence-electron chi connectivity index (χ4n) is 2.24. The summed E-state index contributed by atoms with van der Waals surface area (Å²) in [4.78, 5) is 0. The molecular weight excluding hydrogens is 425 g/mol. The van der Waals surface area contributed by atoms with Gasteiger partial charge in [0.05, 0.1) is 0 Å². The predicted molar refractivity (Wildman–Crippen MR) is 107 cm³/mol. The van der Waals surface area contributed by atoms with Crippen molar-refractivity contribution in [2.24, 2.45) is 4.40 Å². The van der Waals surface area contributed by atoms with Crippen LogP contribution in [0.1, 0.15) is 19.3 Å². The third-order valence-corrected chi connectivity index (χ3v) is 13.6. The minimum atomic E-state index is -3.29. The Morgan fingerprint density at radius 1 is 1.14 bits per heavy atom. The van der Waals surface area contributed by atoms with Crippen LogP contribution in [0.4, 0.5) is 0 Å². The number of rotatable bonds is 5. The molecule has 1 aromatic rings. The second-order valence-corrected chi connectivity index (χ2v) is 19.9. The summed E-state index contributed by atoms with van der Waals surface area (Å²) in [6.07, 6.45) is 3.18. The summed E-state index contributed by atoms with van der Waals surface area (Å²) in [6, 6.07) is 11.2. The van der Waals surface area contributed by atoms with Crippen LogP contribution in [0.25, 0.3) is 0 Å². The molecule has 1 aromatic carbocycles. The maximum absolute atomic E-state index is 12.4. The van der Waals surface area contributed by atoms with E-state index >= 15 is 0 Å². The molecule has 0 atom stereocenters. The Morgan fingerprint density at radius 3 is 2.45 bits per heavy atom. The van der Waals surface area contributed by atoms with Crippen molar-refractivity contribution in [2.45, 2.75) is 44.9 Å². The maximum atomic E-state index is 12.4. The van der Waals surface area contributed by atoms with E-state index in [1.165, 1.54) is 9.99 Å². The van der Waals surface area contributed by atoms with E-state index in [4.69, 9.17) is 0 Å². The van der Waals surface area contributed by atoms with Crippen molar-refractivity contribution in [1.82, 2.24) is 0 Å². The molecule has 0 spiro atoms. The zero-order chi connectivity index (χ0) is 16.2. The zero-order valence-electron chi connectivity index (χ0n) is 13.7. The van der Waals surface area contributed by atoms with Crippen LogP contribution in [0, 0.1) is 3.57 Å². The molecule has 1 fully saturated rings. The van der Waals surface area contributed by atoms with Crippen molar-refractivity contribution >= 4 is 41.6 Å². The first kappa shape index (κ1) is 18.1. The van der Waals surface area contributed by atoms with Gasteiger partial charge in [-0.3, -0.25) is 0 Å².